The Hall–Kier alpha value is -2.51. The molecule has 1 fully saturated rings. The number of nitrogen functional groups attached to an aromatic ring is 1. The third kappa shape index (κ3) is 4.61. The highest BCUT2D eigenvalue weighted by atomic mass is 19.3. The van der Waals surface area contributed by atoms with Crippen LogP contribution >= 0.6 is 0 Å². The molecule has 0 aromatic heterocycles. The molecule has 8 heteroatoms. The van der Waals surface area contributed by atoms with E-state index in [9.17, 15) is 22.0 Å². The van der Waals surface area contributed by atoms with Gasteiger partial charge in [-0.2, -0.15) is 8.78 Å². The zero-order chi connectivity index (χ0) is 19.6. The molecule has 0 spiro atoms. The van der Waals surface area contributed by atoms with Crippen molar-refractivity contribution in [3.63, 3.8) is 0 Å². The van der Waals surface area contributed by atoms with Crippen molar-refractivity contribution in [1.82, 2.24) is 0 Å². The summed E-state index contributed by atoms with van der Waals surface area (Å²) in [4.78, 5) is 0. The lowest BCUT2D eigenvalue weighted by atomic mass is 9.99. The summed E-state index contributed by atoms with van der Waals surface area (Å²) in [5, 5.41) is 0. The SMILES string of the molecule is Nc1ccc(-c2ccc(OC(F)F)c(C3CC3)c2)c(F)c1OCCC(F)F. The quantitative estimate of drug-likeness (QED) is 0.475. The largest absolute Gasteiger partial charge is 0.488 e. The van der Waals surface area contributed by atoms with Gasteiger partial charge in [-0.25, -0.2) is 13.2 Å². The highest BCUT2D eigenvalue weighted by Crippen LogP contribution is 2.46. The number of halogens is 5. The van der Waals surface area contributed by atoms with E-state index in [1.165, 1.54) is 24.3 Å². The van der Waals surface area contributed by atoms with Crippen LogP contribution in [0.3, 0.4) is 0 Å². The molecule has 2 N–H and O–H groups in total. The first-order chi connectivity index (χ1) is 12.9. The average Bonchev–Trinajstić information content (AvgIpc) is 3.43. The molecule has 0 radical (unpaired) electrons. The van der Waals surface area contributed by atoms with Crippen LogP contribution in [0.4, 0.5) is 27.6 Å². The second-order valence-electron chi connectivity index (χ2n) is 6.28. The smallest absolute Gasteiger partial charge is 0.387 e. The summed E-state index contributed by atoms with van der Waals surface area (Å²) in [5.41, 5.74) is 6.86. The molecular formula is C19H18F5NO2. The highest BCUT2D eigenvalue weighted by Gasteiger charge is 2.28. The van der Waals surface area contributed by atoms with Gasteiger partial charge in [-0.1, -0.05) is 6.07 Å². The van der Waals surface area contributed by atoms with E-state index in [2.05, 4.69) is 4.74 Å². The van der Waals surface area contributed by atoms with Gasteiger partial charge in [0.25, 0.3) is 0 Å². The van der Waals surface area contributed by atoms with Crippen LogP contribution in [-0.4, -0.2) is 19.6 Å². The minimum atomic E-state index is -2.95. The van der Waals surface area contributed by atoms with E-state index in [1.807, 2.05) is 0 Å². The second kappa shape index (κ2) is 8.02. The summed E-state index contributed by atoms with van der Waals surface area (Å²) in [7, 11) is 0. The highest BCUT2D eigenvalue weighted by molar-refractivity contribution is 5.72. The lowest BCUT2D eigenvalue weighted by molar-refractivity contribution is -0.0504. The fourth-order valence-corrected chi connectivity index (χ4v) is 2.82. The number of hydrogen-bond donors (Lipinski definition) is 1. The fourth-order valence-electron chi connectivity index (χ4n) is 2.82. The summed E-state index contributed by atoms with van der Waals surface area (Å²) < 4.78 is 74.2. The summed E-state index contributed by atoms with van der Waals surface area (Å²) >= 11 is 0. The first-order valence-electron chi connectivity index (χ1n) is 8.45. The number of hydrogen-bond acceptors (Lipinski definition) is 3. The van der Waals surface area contributed by atoms with E-state index < -0.39 is 25.3 Å². The van der Waals surface area contributed by atoms with Crippen LogP contribution in [0.2, 0.25) is 0 Å². The summed E-state index contributed by atoms with van der Waals surface area (Å²) in [6, 6.07) is 7.29. The zero-order valence-electron chi connectivity index (χ0n) is 14.2. The molecule has 0 unspecified atom stereocenters. The molecule has 3 rings (SSSR count). The van der Waals surface area contributed by atoms with Crippen LogP contribution in [0.15, 0.2) is 30.3 Å². The van der Waals surface area contributed by atoms with E-state index in [4.69, 9.17) is 10.5 Å². The molecule has 0 bridgehead atoms. The lowest BCUT2D eigenvalue weighted by Gasteiger charge is -2.15. The maximum absolute atomic E-state index is 14.9. The molecule has 2 aromatic rings. The Bertz CT molecular complexity index is 809. The van der Waals surface area contributed by atoms with Gasteiger partial charge < -0.3 is 15.2 Å². The van der Waals surface area contributed by atoms with Crippen LogP contribution in [0.5, 0.6) is 11.5 Å². The number of alkyl halides is 4. The fraction of sp³-hybridized carbons (Fsp3) is 0.368. The molecule has 0 amide bonds. The third-order valence-electron chi connectivity index (χ3n) is 4.26. The van der Waals surface area contributed by atoms with E-state index in [-0.39, 0.29) is 35.3 Å². The number of ether oxygens (including phenoxy) is 2. The molecule has 0 saturated heterocycles. The molecule has 0 aliphatic heterocycles. The van der Waals surface area contributed by atoms with Gasteiger partial charge in [0, 0.05) is 12.0 Å². The molecular weight excluding hydrogens is 369 g/mol. The van der Waals surface area contributed by atoms with Crippen LogP contribution in [0.25, 0.3) is 11.1 Å². The molecule has 0 atom stereocenters. The van der Waals surface area contributed by atoms with Crippen LogP contribution < -0.4 is 15.2 Å². The molecule has 146 valence electrons. The number of benzene rings is 2. The Labute approximate surface area is 152 Å². The summed E-state index contributed by atoms with van der Waals surface area (Å²) in [5.74, 6) is -0.916. The minimum Gasteiger partial charge on any atom is -0.488 e. The number of rotatable bonds is 8. The zero-order valence-corrected chi connectivity index (χ0v) is 14.2. The van der Waals surface area contributed by atoms with Crippen LogP contribution in [0, 0.1) is 5.82 Å². The Morgan fingerprint density at radius 2 is 1.81 bits per heavy atom. The van der Waals surface area contributed by atoms with Gasteiger partial charge in [0.15, 0.2) is 11.6 Å². The van der Waals surface area contributed by atoms with Crippen molar-refractivity contribution in [2.75, 3.05) is 12.3 Å². The van der Waals surface area contributed by atoms with Crippen molar-refractivity contribution >= 4 is 5.69 Å². The molecule has 27 heavy (non-hydrogen) atoms. The Kier molecular flexibility index (Phi) is 5.72. The van der Waals surface area contributed by atoms with Crippen molar-refractivity contribution in [2.24, 2.45) is 0 Å². The van der Waals surface area contributed by atoms with Gasteiger partial charge in [0.2, 0.25) is 6.43 Å². The molecule has 2 aromatic carbocycles. The average molecular weight is 387 g/mol. The number of anilines is 1. The van der Waals surface area contributed by atoms with Gasteiger partial charge in [-0.05, 0) is 54.2 Å². The molecule has 1 aliphatic carbocycles. The van der Waals surface area contributed by atoms with Gasteiger partial charge in [0.05, 0.1) is 12.3 Å². The maximum atomic E-state index is 14.9. The van der Waals surface area contributed by atoms with Crippen molar-refractivity contribution in [1.29, 1.82) is 0 Å². The lowest BCUT2D eigenvalue weighted by Crippen LogP contribution is -2.07. The minimum absolute atomic E-state index is 0.00872. The second-order valence-corrected chi connectivity index (χ2v) is 6.28. The van der Waals surface area contributed by atoms with Gasteiger partial charge in [-0.15, -0.1) is 0 Å². The van der Waals surface area contributed by atoms with Crippen LogP contribution in [-0.2, 0) is 0 Å². The Morgan fingerprint density at radius 1 is 1.07 bits per heavy atom. The van der Waals surface area contributed by atoms with Crippen LogP contribution in [0.1, 0.15) is 30.7 Å². The van der Waals surface area contributed by atoms with Crippen molar-refractivity contribution in [3.8, 4) is 22.6 Å². The van der Waals surface area contributed by atoms with E-state index in [1.54, 1.807) is 6.07 Å². The van der Waals surface area contributed by atoms with E-state index >= 15 is 0 Å². The first kappa shape index (κ1) is 19.3. The third-order valence-corrected chi connectivity index (χ3v) is 4.26. The predicted octanol–water partition coefficient (Wildman–Crippen LogP) is 5.59. The standard InChI is InChI=1S/C19H18F5NO2/c20-16(21)7-8-26-18-14(25)5-4-12(17(18)22)11-3-6-15(27-19(23)24)13(9-11)10-1-2-10/h3-6,9-10,16,19H,1-2,7-8,25H2. The summed E-state index contributed by atoms with van der Waals surface area (Å²) in [6.07, 6.45) is -1.43. The van der Waals surface area contributed by atoms with Gasteiger partial charge in [-0.3, -0.25) is 0 Å². The van der Waals surface area contributed by atoms with Crippen molar-refractivity contribution in [3.05, 3.63) is 41.7 Å². The van der Waals surface area contributed by atoms with Gasteiger partial charge in [0.1, 0.15) is 5.75 Å². The molecule has 1 saturated carbocycles. The number of nitrogens with two attached hydrogens (primary N) is 1. The van der Waals surface area contributed by atoms with Gasteiger partial charge >= 0.3 is 6.61 Å². The van der Waals surface area contributed by atoms with Crippen molar-refractivity contribution in [2.45, 2.75) is 38.2 Å². The van der Waals surface area contributed by atoms with E-state index in [0.29, 0.717) is 11.1 Å². The summed E-state index contributed by atoms with van der Waals surface area (Å²) in [6.45, 7) is -3.33. The molecule has 0 heterocycles. The Morgan fingerprint density at radius 3 is 2.44 bits per heavy atom. The predicted molar refractivity (Wildman–Crippen MR) is 91.0 cm³/mol. The van der Waals surface area contributed by atoms with Crippen molar-refractivity contribution < 1.29 is 31.4 Å². The maximum Gasteiger partial charge on any atom is 0.387 e. The topological polar surface area (TPSA) is 44.5 Å². The normalized spacial score (nSPS) is 14.0. The monoisotopic (exact) mass is 387 g/mol. The first-order valence-corrected chi connectivity index (χ1v) is 8.45. The Balaban J connectivity index is 1.92. The molecule has 1 aliphatic rings. The van der Waals surface area contributed by atoms with E-state index in [0.717, 1.165) is 12.8 Å². The molecule has 3 nitrogen and oxygen atoms in total.